The first kappa shape index (κ1) is 11.2. The fourth-order valence-electron chi connectivity index (χ4n) is 1.19. The zero-order valence-electron chi connectivity index (χ0n) is 9.19. The summed E-state index contributed by atoms with van der Waals surface area (Å²) in [6.07, 6.45) is 4.01. The summed E-state index contributed by atoms with van der Waals surface area (Å²) >= 11 is 0. The average molecular weight is 199 g/mol. The number of aromatic nitrogens is 2. The molecule has 0 fully saturated rings. The van der Waals surface area contributed by atoms with Crippen LogP contribution < -0.4 is 4.57 Å². The summed E-state index contributed by atoms with van der Waals surface area (Å²) in [6, 6.07) is 0. The van der Waals surface area contributed by atoms with E-state index >= 15 is 0 Å². The number of hydrogen-bond donors (Lipinski definition) is 0. The molecule has 0 aliphatic carbocycles. The quantitative estimate of drug-likeness (QED) is 0.641. The summed E-state index contributed by atoms with van der Waals surface area (Å²) < 4.78 is 14.8. The van der Waals surface area contributed by atoms with Gasteiger partial charge in [-0.1, -0.05) is 0 Å². The molecule has 1 heterocycles. The highest BCUT2D eigenvalue weighted by Gasteiger charge is 2.10. The predicted molar refractivity (Wildman–Crippen MR) is 52.6 cm³/mol. The molecule has 80 valence electrons. The molecular weight excluding hydrogens is 180 g/mol. The SMILES string of the molecule is CCOCn1cc[n+](COCC)c1C. The van der Waals surface area contributed by atoms with E-state index in [-0.39, 0.29) is 0 Å². The third-order valence-electron chi connectivity index (χ3n) is 2.13. The fourth-order valence-corrected chi connectivity index (χ4v) is 1.19. The van der Waals surface area contributed by atoms with E-state index < -0.39 is 0 Å². The van der Waals surface area contributed by atoms with Crippen molar-refractivity contribution in [3.8, 4) is 0 Å². The Labute approximate surface area is 85.1 Å². The zero-order chi connectivity index (χ0) is 10.4. The van der Waals surface area contributed by atoms with Crippen LogP contribution in [0.4, 0.5) is 0 Å². The van der Waals surface area contributed by atoms with Crippen molar-refractivity contribution in [2.45, 2.75) is 34.2 Å². The molecule has 4 heteroatoms. The summed E-state index contributed by atoms with van der Waals surface area (Å²) in [7, 11) is 0. The van der Waals surface area contributed by atoms with Gasteiger partial charge in [-0.25, -0.2) is 9.13 Å². The van der Waals surface area contributed by atoms with Crippen LogP contribution in [0.3, 0.4) is 0 Å². The van der Waals surface area contributed by atoms with E-state index in [4.69, 9.17) is 9.47 Å². The molecule has 0 aromatic carbocycles. The van der Waals surface area contributed by atoms with E-state index in [1.165, 1.54) is 0 Å². The van der Waals surface area contributed by atoms with E-state index in [1.54, 1.807) is 0 Å². The highest BCUT2D eigenvalue weighted by molar-refractivity contribution is 4.77. The van der Waals surface area contributed by atoms with Crippen LogP contribution in [0.25, 0.3) is 0 Å². The fraction of sp³-hybridized carbons (Fsp3) is 0.700. The van der Waals surface area contributed by atoms with Crippen LogP contribution in [-0.4, -0.2) is 17.8 Å². The number of nitrogens with zero attached hydrogens (tertiary/aromatic N) is 2. The largest absolute Gasteiger partial charge is 0.342 e. The smallest absolute Gasteiger partial charge is 0.257 e. The second kappa shape index (κ2) is 5.78. The molecule has 0 N–H and O–H groups in total. The van der Waals surface area contributed by atoms with Crippen molar-refractivity contribution in [1.29, 1.82) is 0 Å². The van der Waals surface area contributed by atoms with Crippen LogP contribution in [-0.2, 0) is 22.9 Å². The molecule has 0 unspecified atom stereocenters. The van der Waals surface area contributed by atoms with Crippen LogP contribution in [0, 0.1) is 6.92 Å². The van der Waals surface area contributed by atoms with Crippen molar-refractivity contribution < 1.29 is 14.0 Å². The summed E-state index contributed by atoms with van der Waals surface area (Å²) in [5.41, 5.74) is 0. The molecule has 14 heavy (non-hydrogen) atoms. The number of rotatable bonds is 6. The first-order chi connectivity index (χ1) is 6.79. The summed E-state index contributed by atoms with van der Waals surface area (Å²) in [5, 5.41) is 0. The minimum atomic E-state index is 0.613. The molecule has 0 aliphatic heterocycles. The molecular formula is C10H19N2O2+. The summed E-state index contributed by atoms with van der Waals surface area (Å²) in [4.78, 5) is 0. The number of hydrogen-bond acceptors (Lipinski definition) is 2. The van der Waals surface area contributed by atoms with Gasteiger partial charge in [0.2, 0.25) is 0 Å². The molecule has 0 radical (unpaired) electrons. The van der Waals surface area contributed by atoms with E-state index in [0.717, 1.165) is 19.0 Å². The third kappa shape index (κ3) is 2.82. The molecule has 0 aliphatic rings. The second-order valence-corrected chi connectivity index (χ2v) is 3.03. The third-order valence-corrected chi connectivity index (χ3v) is 2.13. The Hall–Kier alpha value is -0.870. The Balaban J connectivity index is 2.55. The molecule has 0 spiro atoms. The van der Waals surface area contributed by atoms with Gasteiger partial charge >= 0.3 is 0 Å². The lowest BCUT2D eigenvalue weighted by molar-refractivity contribution is -0.737. The molecule has 0 bridgehead atoms. The molecule has 1 aromatic rings. The Bertz CT molecular complexity index is 246. The van der Waals surface area contributed by atoms with Gasteiger partial charge in [-0.3, -0.25) is 0 Å². The Morgan fingerprint density at radius 1 is 1.29 bits per heavy atom. The van der Waals surface area contributed by atoms with Crippen molar-refractivity contribution in [1.82, 2.24) is 4.57 Å². The molecule has 0 saturated carbocycles. The molecule has 4 nitrogen and oxygen atoms in total. The molecule has 0 amide bonds. The minimum absolute atomic E-state index is 0.613. The average Bonchev–Trinajstić information content (AvgIpc) is 2.54. The van der Waals surface area contributed by atoms with Crippen LogP contribution in [0.2, 0.25) is 0 Å². The molecule has 1 rings (SSSR count). The summed E-state index contributed by atoms with van der Waals surface area (Å²) in [5.74, 6) is 1.15. The molecule has 0 atom stereocenters. The summed E-state index contributed by atoms with van der Waals surface area (Å²) in [6.45, 7) is 8.74. The van der Waals surface area contributed by atoms with E-state index in [1.807, 2.05) is 26.2 Å². The number of imidazole rings is 1. The maximum absolute atomic E-state index is 5.33. The van der Waals surface area contributed by atoms with Crippen molar-refractivity contribution in [2.75, 3.05) is 13.2 Å². The van der Waals surface area contributed by atoms with Gasteiger partial charge in [-0.15, -0.1) is 0 Å². The van der Waals surface area contributed by atoms with Gasteiger partial charge in [0.1, 0.15) is 12.4 Å². The zero-order valence-corrected chi connectivity index (χ0v) is 9.19. The lowest BCUT2D eigenvalue weighted by atomic mass is 10.7. The second-order valence-electron chi connectivity index (χ2n) is 3.03. The first-order valence-electron chi connectivity index (χ1n) is 5.00. The van der Waals surface area contributed by atoms with Gasteiger partial charge in [0.05, 0.1) is 0 Å². The highest BCUT2D eigenvalue weighted by Crippen LogP contribution is 1.94. The Morgan fingerprint density at radius 2 is 2.00 bits per heavy atom. The standard InChI is InChI=1S/C10H19N2O2/c1-4-13-8-11-6-7-12(10(11)3)9-14-5-2/h6-7H,4-5,8-9H2,1-3H3/q+1. The lowest BCUT2D eigenvalue weighted by Gasteiger charge is -2.01. The van der Waals surface area contributed by atoms with Crippen molar-refractivity contribution in [3.63, 3.8) is 0 Å². The maximum atomic E-state index is 5.33. The van der Waals surface area contributed by atoms with E-state index in [2.05, 4.69) is 16.1 Å². The highest BCUT2D eigenvalue weighted by atomic mass is 16.5. The van der Waals surface area contributed by atoms with Gasteiger partial charge in [0.25, 0.3) is 5.82 Å². The monoisotopic (exact) mass is 199 g/mol. The number of ether oxygens (including phenoxy) is 2. The van der Waals surface area contributed by atoms with Crippen molar-refractivity contribution >= 4 is 0 Å². The first-order valence-corrected chi connectivity index (χ1v) is 5.00. The van der Waals surface area contributed by atoms with Crippen LogP contribution in [0.15, 0.2) is 12.4 Å². The van der Waals surface area contributed by atoms with Gasteiger partial charge in [-0.2, -0.15) is 0 Å². The van der Waals surface area contributed by atoms with E-state index in [0.29, 0.717) is 13.5 Å². The minimum Gasteiger partial charge on any atom is -0.342 e. The van der Waals surface area contributed by atoms with Gasteiger partial charge in [-0.05, 0) is 13.8 Å². The van der Waals surface area contributed by atoms with Crippen molar-refractivity contribution in [2.24, 2.45) is 0 Å². The molecule has 0 saturated heterocycles. The lowest BCUT2D eigenvalue weighted by Crippen LogP contribution is -2.37. The van der Waals surface area contributed by atoms with Gasteiger partial charge < -0.3 is 9.47 Å². The maximum Gasteiger partial charge on any atom is 0.257 e. The van der Waals surface area contributed by atoms with Crippen LogP contribution in [0.5, 0.6) is 0 Å². The normalized spacial score (nSPS) is 10.8. The molecule has 1 aromatic heterocycles. The van der Waals surface area contributed by atoms with E-state index in [9.17, 15) is 0 Å². The topological polar surface area (TPSA) is 27.3 Å². The van der Waals surface area contributed by atoms with Crippen molar-refractivity contribution in [3.05, 3.63) is 18.2 Å². The van der Waals surface area contributed by atoms with Gasteiger partial charge in [0.15, 0.2) is 13.5 Å². The Morgan fingerprint density at radius 3 is 2.64 bits per heavy atom. The van der Waals surface area contributed by atoms with Gasteiger partial charge in [0, 0.05) is 20.1 Å². The Kier molecular flexibility index (Phi) is 4.62. The van der Waals surface area contributed by atoms with Crippen LogP contribution >= 0.6 is 0 Å². The predicted octanol–water partition coefficient (Wildman–Crippen LogP) is 1.07. The van der Waals surface area contributed by atoms with Crippen LogP contribution in [0.1, 0.15) is 19.7 Å².